The molecule has 0 atom stereocenters. The number of thiophene rings is 1. The molecule has 15 heavy (non-hydrogen) atoms. The third-order valence-corrected chi connectivity index (χ3v) is 5.88. The van der Waals surface area contributed by atoms with Crippen molar-refractivity contribution >= 4 is 39.0 Å². The molecule has 0 aliphatic carbocycles. The van der Waals surface area contributed by atoms with Gasteiger partial charge in [-0.1, -0.05) is 0 Å². The Bertz CT molecular complexity index is 299. The molecule has 1 aromatic rings. The average molecular weight is 306 g/mol. The van der Waals surface area contributed by atoms with Crippen LogP contribution in [0.25, 0.3) is 0 Å². The summed E-state index contributed by atoms with van der Waals surface area (Å²) in [7, 11) is 0. The van der Waals surface area contributed by atoms with Crippen LogP contribution >= 0.6 is 39.0 Å². The monoisotopic (exact) mass is 305 g/mol. The molecule has 0 radical (unpaired) electrons. The number of hydrogen-bond donors (Lipinski definition) is 1. The number of rotatable bonds is 3. The van der Waals surface area contributed by atoms with E-state index in [0.717, 1.165) is 12.6 Å². The maximum absolute atomic E-state index is 3.65. The third kappa shape index (κ3) is 3.48. The first-order chi connectivity index (χ1) is 7.25. The molecule has 0 unspecified atom stereocenters. The summed E-state index contributed by atoms with van der Waals surface area (Å²) in [5.41, 5.74) is 0. The quantitative estimate of drug-likeness (QED) is 0.911. The zero-order valence-corrected chi connectivity index (χ0v) is 12.1. The fourth-order valence-corrected chi connectivity index (χ4v) is 4.41. The zero-order valence-electron chi connectivity index (χ0n) is 8.88. The van der Waals surface area contributed by atoms with Gasteiger partial charge < -0.3 is 5.32 Å². The van der Waals surface area contributed by atoms with E-state index >= 15 is 0 Å². The van der Waals surface area contributed by atoms with Gasteiger partial charge in [-0.2, -0.15) is 11.8 Å². The van der Waals surface area contributed by atoms with Gasteiger partial charge in [-0.05, 0) is 53.3 Å². The molecular weight excluding hydrogens is 290 g/mol. The van der Waals surface area contributed by atoms with E-state index in [0.29, 0.717) is 0 Å². The summed E-state index contributed by atoms with van der Waals surface area (Å²) in [6.07, 6.45) is 2.66. The Labute approximate surface area is 108 Å². The highest BCUT2D eigenvalue weighted by atomic mass is 79.9. The lowest BCUT2D eigenvalue weighted by Crippen LogP contribution is -2.31. The second-order valence-electron chi connectivity index (χ2n) is 3.88. The van der Waals surface area contributed by atoms with Gasteiger partial charge in [0.25, 0.3) is 0 Å². The molecule has 0 spiro atoms. The number of thioether (sulfide) groups is 1. The van der Waals surface area contributed by atoms with Crippen molar-refractivity contribution in [3.05, 3.63) is 20.3 Å². The predicted molar refractivity (Wildman–Crippen MR) is 73.9 cm³/mol. The molecule has 1 N–H and O–H groups in total. The van der Waals surface area contributed by atoms with Crippen LogP contribution in [0.3, 0.4) is 0 Å². The molecule has 1 aromatic heterocycles. The normalized spacial score (nSPS) is 18.3. The fraction of sp³-hybridized carbons (Fsp3) is 0.636. The van der Waals surface area contributed by atoms with Crippen LogP contribution in [0.5, 0.6) is 0 Å². The lowest BCUT2D eigenvalue weighted by Gasteiger charge is -2.22. The highest BCUT2D eigenvalue weighted by Crippen LogP contribution is 2.26. The summed E-state index contributed by atoms with van der Waals surface area (Å²) in [5.74, 6) is 2.65. The molecule has 0 saturated carbocycles. The highest BCUT2D eigenvalue weighted by Gasteiger charge is 2.13. The molecule has 1 aliphatic rings. The van der Waals surface area contributed by atoms with Crippen molar-refractivity contribution in [1.29, 1.82) is 0 Å². The Balaban J connectivity index is 1.81. The number of aryl methyl sites for hydroxylation is 1. The first-order valence-corrected chi connectivity index (χ1v) is 8.08. The summed E-state index contributed by atoms with van der Waals surface area (Å²) in [6, 6.07) is 2.98. The largest absolute Gasteiger partial charge is 0.309 e. The van der Waals surface area contributed by atoms with Crippen LogP contribution in [0.2, 0.25) is 0 Å². The van der Waals surface area contributed by atoms with Crippen molar-refractivity contribution in [2.45, 2.75) is 32.4 Å². The Morgan fingerprint density at radius 2 is 2.20 bits per heavy atom. The highest BCUT2D eigenvalue weighted by molar-refractivity contribution is 9.10. The molecule has 0 aromatic carbocycles. The summed E-state index contributed by atoms with van der Waals surface area (Å²) in [6.45, 7) is 3.20. The van der Waals surface area contributed by atoms with Gasteiger partial charge in [0.15, 0.2) is 0 Å². The topological polar surface area (TPSA) is 12.0 Å². The van der Waals surface area contributed by atoms with Gasteiger partial charge in [-0.3, -0.25) is 0 Å². The zero-order chi connectivity index (χ0) is 10.7. The average Bonchev–Trinajstić information content (AvgIpc) is 2.57. The standard InChI is InChI=1S/C11H16BrNS2/c1-8-11(12)6-10(15-8)7-13-9-2-4-14-5-3-9/h6,9,13H,2-5,7H2,1H3. The minimum Gasteiger partial charge on any atom is -0.309 e. The van der Waals surface area contributed by atoms with Gasteiger partial charge in [-0.15, -0.1) is 11.3 Å². The van der Waals surface area contributed by atoms with Crippen molar-refractivity contribution in [3.8, 4) is 0 Å². The summed E-state index contributed by atoms with van der Waals surface area (Å²) in [4.78, 5) is 2.82. The molecule has 1 nitrogen and oxygen atoms in total. The summed E-state index contributed by atoms with van der Waals surface area (Å²) in [5, 5.41) is 3.65. The lowest BCUT2D eigenvalue weighted by molar-refractivity contribution is 0.484. The molecular formula is C11H16BrNS2. The number of halogens is 1. The number of nitrogens with one attached hydrogen (secondary N) is 1. The molecule has 1 saturated heterocycles. The Hall–Kier alpha value is 0.490. The van der Waals surface area contributed by atoms with Crippen LogP contribution in [0.4, 0.5) is 0 Å². The molecule has 2 heterocycles. The van der Waals surface area contributed by atoms with E-state index in [-0.39, 0.29) is 0 Å². The van der Waals surface area contributed by atoms with Crippen LogP contribution in [-0.2, 0) is 6.54 Å². The van der Waals surface area contributed by atoms with Gasteiger partial charge in [0.2, 0.25) is 0 Å². The minimum absolute atomic E-state index is 0.743. The lowest BCUT2D eigenvalue weighted by atomic mass is 10.1. The second-order valence-corrected chi connectivity index (χ2v) is 7.30. The van der Waals surface area contributed by atoms with E-state index in [1.54, 1.807) is 0 Å². The number of hydrogen-bond acceptors (Lipinski definition) is 3. The van der Waals surface area contributed by atoms with Crippen molar-refractivity contribution in [3.63, 3.8) is 0 Å². The van der Waals surface area contributed by atoms with Gasteiger partial charge >= 0.3 is 0 Å². The SMILES string of the molecule is Cc1sc(CNC2CCSCC2)cc1Br. The van der Waals surface area contributed by atoms with Crippen molar-refractivity contribution in [2.24, 2.45) is 0 Å². The fourth-order valence-electron chi connectivity index (χ4n) is 1.75. The Kier molecular flexibility index (Phi) is 4.55. The summed E-state index contributed by atoms with van der Waals surface area (Å²) >= 11 is 7.53. The molecule has 2 rings (SSSR count). The summed E-state index contributed by atoms with van der Waals surface area (Å²) < 4.78 is 1.25. The minimum atomic E-state index is 0.743. The van der Waals surface area contributed by atoms with Crippen LogP contribution in [-0.4, -0.2) is 17.5 Å². The third-order valence-electron chi connectivity index (χ3n) is 2.69. The van der Waals surface area contributed by atoms with Crippen molar-refractivity contribution in [1.82, 2.24) is 5.32 Å². The van der Waals surface area contributed by atoms with Crippen LogP contribution in [0.1, 0.15) is 22.6 Å². The van der Waals surface area contributed by atoms with Gasteiger partial charge in [-0.25, -0.2) is 0 Å². The van der Waals surface area contributed by atoms with E-state index in [4.69, 9.17) is 0 Å². The van der Waals surface area contributed by atoms with E-state index in [2.05, 4.69) is 46.0 Å². The Morgan fingerprint density at radius 3 is 2.80 bits per heavy atom. The first-order valence-electron chi connectivity index (χ1n) is 5.31. The van der Waals surface area contributed by atoms with Crippen molar-refractivity contribution in [2.75, 3.05) is 11.5 Å². The molecule has 1 fully saturated rings. The molecule has 0 amide bonds. The van der Waals surface area contributed by atoms with Crippen LogP contribution in [0.15, 0.2) is 10.5 Å². The van der Waals surface area contributed by atoms with E-state index in [1.165, 1.54) is 38.6 Å². The van der Waals surface area contributed by atoms with Crippen LogP contribution < -0.4 is 5.32 Å². The van der Waals surface area contributed by atoms with E-state index < -0.39 is 0 Å². The van der Waals surface area contributed by atoms with E-state index in [1.807, 2.05) is 11.3 Å². The first kappa shape index (κ1) is 12.0. The molecule has 1 aliphatic heterocycles. The molecule has 84 valence electrons. The Morgan fingerprint density at radius 1 is 1.47 bits per heavy atom. The van der Waals surface area contributed by atoms with Crippen LogP contribution in [0, 0.1) is 6.92 Å². The van der Waals surface area contributed by atoms with Gasteiger partial charge in [0.05, 0.1) is 0 Å². The second kappa shape index (κ2) is 5.71. The smallest absolute Gasteiger partial charge is 0.0314 e. The molecule has 4 heteroatoms. The van der Waals surface area contributed by atoms with Gasteiger partial charge in [0, 0.05) is 26.8 Å². The van der Waals surface area contributed by atoms with Crippen molar-refractivity contribution < 1.29 is 0 Å². The van der Waals surface area contributed by atoms with Gasteiger partial charge in [0.1, 0.15) is 0 Å². The molecule has 0 bridgehead atoms. The van der Waals surface area contributed by atoms with E-state index in [9.17, 15) is 0 Å². The maximum atomic E-state index is 3.65. The maximum Gasteiger partial charge on any atom is 0.0314 e. The predicted octanol–water partition coefficient (Wildman–Crippen LogP) is 3.80.